The summed E-state index contributed by atoms with van der Waals surface area (Å²) in [5, 5.41) is 35.6. The third kappa shape index (κ3) is 6.03. The molecule has 1 heterocycles. The van der Waals surface area contributed by atoms with E-state index in [0.29, 0.717) is 53.3 Å². The molecule has 1 unspecified atom stereocenters. The molecule has 1 aliphatic rings. The smallest absolute Gasteiger partial charge is 0.125 e. The normalized spacial score (nSPS) is 15.7. The molecule has 1 fully saturated rings. The topological polar surface area (TPSA) is 141 Å². The number of aliphatic hydroxyl groups excluding tert-OH is 3. The lowest BCUT2D eigenvalue weighted by Gasteiger charge is -2.28. The summed E-state index contributed by atoms with van der Waals surface area (Å²) < 4.78 is 12.1. The molecule has 0 saturated carbocycles. The molecule has 3 rings (SSSR count). The van der Waals surface area contributed by atoms with E-state index in [1.165, 1.54) is 12.1 Å². The van der Waals surface area contributed by atoms with Gasteiger partial charge in [-0.3, -0.25) is 4.90 Å². The van der Waals surface area contributed by atoms with Gasteiger partial charge >= 0.3 is 0 Å². The third-order valence-corrected chi connectivity index (χ3v) is 6.10. The first-order valence-electron chi connectivity index (χ1n) is 11.0. The molecule has 0 aliphatic carbocycles. The summed E-state index contributed by atoms with van der Waals surface area (Å²) in [4.78, 5) is 24.5. The van der Waals surface area contributed by atoms with E-state index in [-0.39, 0.29) is 42.1 Å². The van der Waals surface area contributed by atoms with Gasteiger partial charge in [-0.05, 0) is 54.9 Å². The Kier molecular flexibility index (Phi) is 8.21. The van der Waals surface area contributed by atoms with Crippen LogP contribution in [0.3, 0.4) is 0 Å². The Hall–Kier alpha value is -3.76. The Morgan fingerprint density at radius 2 is 1.43 bits per heavy atom. The molecule has 1 aliphatic heterocycles. The minimum Gasteiger partial charge on any atom is -0.508 e. The number of hydrogen-bond donors (Lipinski definition) is 3. The van der Waals surface area contributed by atoms with Crippen molar-refractivity contribution < 1.29 is 24.8 Å². The Morgan fingerprint density at radius 1 is 0.971 bits per heavy atom. The molecule has 10 heteroatoms. The van der Waals surface area contributed by atoms with Gasteiger partial charge in [-0.25, -0.2) is 0 Å². The van der Waals surface area contributed by atoms with Crippen LogP contribution in [0.5, 0.6) is 11.5 Å². The van der Waals surface area contributed by atoms with Gasteiger partial charge in [0.1, 0.15) is 47.6 Å². The molecule has 0 radical (unpaired) electrons. The Labute approximate surface area is 203 Å². The van der Waals surface area contributed by atoms with Gasteiger partial charge in [0, 0.05) is 35.3 Å². The lowest BCUT2D eigenvalue weighted by atomic mass is 10.1. The van der Waals surface area contributed by atoms with Gasteiger partial charge in [0.2, 0.25) is 0 Å². The van der Waals surface area contributed by atoms with Crippen molar-refractivity contribution in [2.45, 2.75) is 32.4 Å². The largest absolute Gasteiger partial charge is 0.508 e. The second kappa shape index (κ2) is 11.1. The number of likely N-dealkylation sites (tertiary alicyclic amines) is 1. The molecule has 2 aromatic rings. The number of rotatable bonds is 11. The summed E-state index contributed by atoms with van der Waals surface area (Å²) >= 11 is 0. The van der Waals surface area contributed by atoms with E-state index in [0.717, 1.165) is 0 Å². The molecular formula is C25H29N3O7. The van der Waals surface area contributed by atoms with E-state index < -0.39 is 6.10 Å². The van der Waals surface area contributed by atoms with Gasteiger partial charge in [0.15, 0.2) is 0 Å². The van der Waals surface area contributed by atoms with Gasteiger partial charge < -0.3 is 24.8 Å². The predicted molar refractivity (Wildman–Crippen MR) is 134 cm³/mol. The van der Waals surface area contributed by atoms with Crippen LogP contribution in [0.4, 0.5) is 11.4 Å². The van der Waals surface area contributed by atoms with Crippen molar-refractivity contribution in [2.75, 3.05) is 26.3 Å². The van der Waals surface area contributed by atoms with Crippen molar-refractivity contribution in [3.05, 3.63) is 69.5 Å². The molecule has 0 aromatic heterocycles. The minimum absolute atomic E-state index is 0.127. The molecule has 35 heavy (non-hydrogen) atoms. The molecule has 0 bridgehead atoms. The van der Waals surface area contributed by atoms with Crippen LogP contribution in [0.15, 0.2) is 47.8 Å². The van der Waals surface area contributed by atoms with Crippen LogP contribution in [-0.2, 0) is 0 Å². The highest BCUT2D eigenvalue weighted by atomic mass is 16.5. The molecule has 10 nitrogen and oxygen atoms in total. The summed E-state index contributed by atoms with van der Waals surface area (Å²) in [6.45, 7) is 11.7. The van der Waals surface area contributed by atoms with Gasteiger partial charge in [-0.15, -0.1) is 9.81 Å². The number of nitroso groups, excluding NO2 is 2. The van der Waals surface area contributed by atoms with Gasteiger partial charge in [0.25, 0.3) is 0 Å². The predicted octanol–water partition coefficient (Wildman–Crippen LogP) is 5.05. The zero-order valence-electron chi connectivity index (χ0n) is 19.7. The highest BCUT2D eigenvalue weighted by Crippen LogP contribution is 2.34. The quantitative estimate of drug-likeness (QED) is 0.298. The minimum atomic E-state index is -0.472. The van der Waals surface area contributed by atoms with Gasteiger partial charge in [-0.1, -0.05) is 13.2 Å². The molecular weight excluding hydrogens is 454 g/mol. The summed E-state index contributed by atoms with van der Waals surface area (Å²) in [7, 11) is 0. The maximum Gasteiger partial charge on any atom is 0.125 e. The maximum atomic E-state index is 11.2. The van der Waals surface area contributed by atoms with Crippen molar-refractivity contribution in [1.82, 2.24) is 4.90 Å². The third-order valence-electron chi connectivity index (χ3n) is 6.10. The van der Waals surface area contributed by atoms with Crippen LogP contribution < -0.4 is 9.47 Å². The Morgan fingerprint density at radius 3 is 1.77 bits per heavy atom. The molecule has 2 aromatic carbocycles. The van der Waals surface area contributed by atoms with Crippen LogP contribution >= 0.6 is 0 Å². The van der Waals surface area contributed by atoms with Crippen molar-refractivity contribution in [1.29, 1.82) is 0 Å². The SMILES string of the molecule is C=C(O)c1cc(N=O)c(C)c(OCC(COc2cc(C(=C)O)cc(N=O)c2C)N2CCC(O)C2)c1. The molecule has 0 amide bonds. The van der Waals surface area contributed by atoms with E-state index in [9.17, 15) is 25.1 Å². The second-order valence-electron chi connectivity index (χ2n) is 8.53. The average Bonchev–Trinajstić information content (AvgIpc) is 3.26. The fourth-order valence-electron chi connectivity index (χ4n) is 3.90. The van der Waals surface area contributed by atoms with Crippen molar-refractivity contribution >= 4 is 22.9 Å². The highest BCUT2D eigenvalue weighted by molar-refractivity contribution is 5.67. The van der Waals surface area contributed by atoms with Crippen LogP contribution in [0, 0.1) is 23.7 Å². The molecule has 3 N–H and O–H groups in total. The number of aliphatic hydroxyl groups is 3. The number of benzene rings is 2. The zero-order chi connectivity index (χ0) is 25.7. The van der Waals surface area contributed by atoms with E-state index in [2.05, 4.69) is 23.5 Å². The first-order chi connectivity index (χ1) is 16.6. The van der Waals surface area contributed by atoms with E-state index in [4.69, 9.17) is 9.47 Å². The van der Waals surface area contributed by atoms with Crippen molar-refractivity contribution in [3.8, 4) is 11.5 Å². The van der Waals surface area contributed by atoms with E-state index in [1.807, 2.05) is 4.90 Å². The first-order valence-corrected chi connectivity index (χ1v) is 11.0. The van der Waals surface area contributed by atoms with Crippen LogP contribution in [-0.4, -0.2) is 58.7 Å². The van der Waals surface area contributed by atoms with Gasteiger partial charge in [0.05, 0.1) is 12.1 Å². The Balaban J connectivity index is 1.84. The summed E-state index contributed by atoms with van der Waals surface area (Å²) in [5.41, 5.74) is 1.91. The number of β-amino-alcohol motifs (C(OH)–C–C–N with tert-alkyl or cyclic N) is 1. The molecule has 186 valence electrons. The number of nitrogens with zero attached hydrogens (tertiary/aromatic N) is 3. The standard InChI is InChI=1S/C25H29N3O7/c1-14-22(26-32)7-18(16(3)29)9-24(14)34-12-20(28-6-5-21(31)11-28)13-35-25-10-19(17(4)30)8-23(27-33)15(25)2/h7-10,20-21,29-31H,3-6,11-13H2,1-2H3. The fourth-order valence-corrected chi connectivity index (χ4v) is 3.90. The zero-order valence-corrected chi connectivity index (χ0v) is 19.7. The average molecular weight is 484 g/mol. The van der Waals surface area contributed by atoms with Crippen molar-refractivity contribution in [2.24, 2.45) is 10.4 Å². The van der Waals surface area contributed by atoms with E-state index in [1.54, 1.807) is 26.0 Å². The Bertz CT molecular complexity index is 1070. The van der Waals surface area contributed by atoms with Crippen LogP contribution in [0.1, 0.15) is 28.7 Å². The molecule has 1 atom stereocenters. The van der Waals surface area contributed by atoms with E-state index >= 15 is 0 Å². The highest BCUT2D eigenvalue weighted by Gasteiger charge is 2.29. The summed E-state index contributed by atoms with van der Waals surface area (Å²) in [5.74, 6) is 0.281. The molecule has 1 saturated heterocycles. The summed E-state index contributed by atoms with van der Waals surface area (Å²) in [6, 6.07) is 5.70. The van der Waals surface area contributed by atoms with Crippen LogP contribution in [0.2, 0.25) is 0 Å². The maximum absolute atomic E-state index is 11.2. The fraction of sp³-hybridized carbons (Fsp3) is 0.360. The monoisotopic (exact) mass is 483 g/mol. The van der Waals surface area contributed by atoms with Crippen molar-refractivity contribution in [3.63, 3.8) is 0 Å². The second-order valence-corrected chi connectivity index (χ2v) is 8.53. The molecule has 0 spiro atoms. The van der Waals surface area contributed by atoms with Gasteiger partial charge in [-0.2, -0.15) is 0 Å². The number of hydrogen-bond acceptors (Lipinski definition) is 10. The lowest BCUT2D eigenvalue weighted by Crippen LogP contribution is -2.42. The van der Waals surface area contributed by atoms with Crippen LogP contribution in [0.25, 0.3) is 11.5 Å². The summed E-state index contributed by atoms with van der Waals surface area (Å²) in [6.07, 6.45) is 0.131. The number of ether oxygens (including phenoxy) is 2. The first kappa shape index (κ1) is 25.9. The lowest BCUT2D eigenvalue weighted by molar-refractivity contribution is 0.0937.